The molecular weight excluding hydrogens is 186 g/mol. The van der Waals surface area contributed by atoms with Crippen LogP contribution in [0.2, 0.25) is 0 Å². The number of ether oxygens (including phenoxy) is 1. The van der Waals surface area contributed by atoms with Crippen molar-refractivity contribution in [1.29, 1.82) is 0 Å². The Kier molecular flexibility index (Phi) is 6.42. The van der Waals surface area contributed by atoms with Crippen LogP contribution in [0.4, 0.5) is 0 Å². The number of hydrogen-bond donors (Lipinski definition) is 4. The monoisotopic (exact) mass is 203 g/mol. The fourth-order valence-corrected chi connectivity index (χ4v) is 0.771. The number of hydrogen-bond acceptors (Lipinski definition) is 3. The standard InChI is InChI=1S/C7H17N5O2/c1-14-4-5(13)2-3-11-7(10)12-6(8)9/h5,13H,2-4H2,1H3,(H6,8,9,10,11,12). The molecule has 14 heavy (non-hydrogen) atoms. The minimum Gasteiger partial charge on any atom is -0.391 e. The van der Waals surface area contributed by atoms with E-state index in [-0.39, 0.29) is 18.5 Å². The number of guanidine groups is 2. The van der Waals surface area contributed by atoms with Crippen molar-refractivity contribution < 1.29 is 9.84 Å². The minimum absolute atomic E-state index is 0.00890. The molecule has 0 aliphatic heterocycles. The normalized spacial score (nSPS) is 13.7. The lowest BCUT2D eigenvalue weighted by Crippen LogP contribution is -2.26. The lowest BCUT2D eigenvalue weighted by molar-refractivity contribution is 0.0610. The van der Waals surface area contributed by atoms with E-state index < -0.39 is 6.10 Å². The van der Waals surface area contributed by atoms with Crippen molar-refractivity contribution in [3.8, 4) is 0 Å². The molecule has 0 radical (unpaired) electrons. The van der Waals surface area contributed by atoms with E-state index in [4.69, 9.17) is 21.9 Å². The molecular formula is C7H17N5O2. The number of aliphatic imine (C=N–C) groups is 2. The molecule has 1 unspecified atom stereocenters. The third-order valence-corrected chi connectivity index (χ3v) is 1.34. The zero-order chi connectivity index (χ0) is 11.0. The van der Waals surface area contributed by atoms with Gasteiger partial charge in [-0.3, -0.25) is 4.99 Å². The summed E-state index contributed by atoms with van der Waals surface area (Å²) in [6.45, 7) is 0.630. The van der Waals surface area contributed by atoms with Crippen molar-refractivity contribution in [2.75, 3.05) is 20.3 Å². The Labute approximate surface area is 82.6 Å². The van der Waals surface area contributed by atoms with Crippen LogP contribution in [-0.2, 0) is 4.74 Å². The number of rotatable bonds is 5. The maximum Gasteiger partial charge on any atom is 0.218 e. The summed E-state index contributed by atoms with van der Waals surface area (Å²) in [5.74, 6) is -0.127. The Morgan fingerprint density at radius 3 is 2.57 bits per heavy atom. The molecule has 82 valence electrons. The van der Waals surface area contributed by atoms with Crippen LogP contribution in [0.5, 0.6) is 0 Å². The summed E-state index contributed by atoms with van der Waals surface area (Å²) in [4.78, 5) is 7.33. The van der Waals surface area contributed by atoms with E-state index in [1.54, 1.807) is 0 Å². The van der Waals surface area contributed by atoms with Crippen molar-refractivity contribution in [2.24, 2.45) is 27.2 Å². The SMILES string of the molecule is COCC(O)CCN=C(N)N=C(N)N. The number of aliphatic hydroxyl groups excluding tert-OH is 1. The first kappa shape index (κ1) is 12.7. The molecule has 1 atom stereocenters. The third kappa shape index (κ3) is 7.32. The third-order valence-electron chi connectivity index (χ3n) is 1.34. The molecule has 0 saturated heterocycles. The molecule has 0 spiro atoms. The molecule has 0 heterocycles. The second-order valence-corrected chi connectivity index (χ2v) is 2.67. The molecule has 0 aliphatic rings. The van der Waals surface area contributed by atoms with Crippen LogP contribution in [0.3, 0.4) is 0 Å². The Hall–Kier alpha value is -1.34. The lowest BCUT2D eigenvalue weighted by Gasteiger charge is -2.06. The minimum atomic E-state index is -0.546. The van der Waals surface area contributed by atoms with E-state index in [9.17, 15) is 5.11 Å². The molecule has 7 N–H and O–H groups in total. The molecule has 0 fully saturated rings. The predicted molar refractivity (Wildman–Crippen MR) is 54.8 cm³/mol. The van der Waals surface area contributed by atoms with E-state index in [0.717, 1.165) is 0 Å². The van der Waals surface area contributed by atoms with Crippen LogP contribution in [0.25, 0.3) is 0 Å². The van der Waals surface area contributed by atoms with E-state index in [2.05, 4.69) is 9.98 Å². The maximum absolute atomic E-state index is 9.22. The summed E-state index contributed by atoms with van der Waals surface area (Å²) in [6.07, 6.45) is -0.0927. The number of methoxy groups -OCH3 is 1. The summed E-state index contributed by atoms with van der Waals surface area (Å²) < 4.78 is 4.73. The summed E-state index contributed by atoms with van der Waals surface area (Å²) in [7, 11) is 1.51. The van der Waals surface area contributed by atoms with E-state index in [0.29, 0.717) is 13.0 Å². The summed E-state index contributed by atoms with van der Waals surface area (Å²) in [5, 5.41) is 9.22. The fraction of sp³-hybridized carbons (Fsp3) is 0.714. The van der Waals surface area contributed by atoms with Gasteiger partial charge in [0.25, 0.3) is 0 Å². The van der Waals surface area contributed by atoms with E-state index in [1.807, 2.05) is 0 Å². The predicted octanol–water partition coefficient (Wildman–Crippen LogP) is -2.03. The summed E-state index contributed by atoms with van der Waals surface area (Å²) >= 11 is 0. The van der Waals surface area contributed by atoms with Crippen LogP contribution < -0.4 is 17.2 Å². The molecule has 7 nitrogen and oxygen atoms in total. The Balaban J connectivity index is 3.76. The van der Waals surface area contributed by atoms with E-state index >= 15 is 0 Å². The number of nitrogens with two attached hydrogens (primary N) is 3. The Bertz CT molecular complexity index is 212. The van der Waals surface area contributed by atoms with Crippen molar-refractivity contribution in [1.82, 2.24) is 0 Å². The van der Waals surface area contributed by atoms with Crippen LogP contribution in [0.1, 0.15) is 6.42 Å². The zero-order valence-electron chi connectivity index (χ0n) is 8.18. The van der Waals surface area contributed by atoms with Gasteiger partial charge in [0.2, 0.25) is 5.96 Å². The summed E-state index contributed by atoms with van der Waals surface area (Å²) in [5.41, 5.74) is 15.5. The molecule has 0 amide bonds. The van der Waals surface area contributed by atoms with Gasteiger partial charge in [-0.1, -0.05) is 0 Å². The molecule has 0 aromatic heterocycles. The van der Waals surface area contributed by atoms with Crippen LogP contribution in [-0.4, -0.2) is 43.4 Å². The summed E-state index contributed by atoms with van der Waals surface area (Å²) in [6, 6.07) is 0. The van der Waals surface area contributed by atoms with Gasteiger partial charge in [0.15, 0.2) is 5.96 Å². The van der Waals surface area contributed by atoms with Gasteiger partial charge in [0.05, 0.1) is 12.7 Å². The highest BCUT2D eigenvalue weighted by Gasteiger charge is 2.01. The van der Waals surface area contributed by atoms with Gasteiger partial charge in [-0.2, -0.15) is 4.99 Å². The largest absolute Gasteiger partial charge is 0.391 e. The van der Waals surface area contributed by atoms with Crippen LogP contribution in [0.15, 0.2) is 9.98 Å². The molecule has 0 aromatic rings. The molecule has 0 bridgehead atoms. The lowest BCUT2D eigenvalue weighted by atomic mass is 10.3. The molecule has 0 aliphatic carbocycles. The maximum atomic E-state index is 9.22. The quantitative estimate of drug-likeness (QED) is 0.302. The molecule has 0 saturated carbocycles. The van der Waals surface area contributed by atoms with Crippen molar-refractivity contribution >= 4 is 11.9 Å². The van der Waals surface area contributed by atoms with E-state index in [1.165, 1.54) is 7.11 Å². The van der Waals surface area contributed by atoms with Gasteiger partial charge in [0.1, 0.15) is 0 Å². The fourth-order valence-electron chi connectivity index (χ4n) is 0.771. The number of aliphatic hydroxyl groups is 1. The first-order valence-corrected chi connectivity index (χ1v) is 4.12. The van der Waals surface area contributed by atoms with Gasteiger partial charge in [-0.25, -0.2) is 0 Å². The van der Waals surface area contributed by atoms with Crippen LogP contribution >= 0.6 is 0 Å². The van der Waals surface area contributed by atoms with Crippen molar-refractivity contribution in [3.63, 3.8) is 0 Å². The van der Waals surface area contributed by atoms with Gasteiger partial charge >= 0.3 is 0 Å². The van der Waals surface area contributed by atoms with Gasteiger partial charge in [-0.05, 0) is 6.42 Å². The number of nitrogens with zero attached hydrogens (tertiary/aromatic N) is 2. The molecule has 0 rings (SSSR count). The zero-order valence-corrected chi connectivity index (χ0v) is 8.18. The average Bonchev–Trinajstić information content (AvgIpc) is 2.02. The van der Waals surface area contributed by atoms with Crippen molar-refractivity contribution in [3.05, 3.63) is 0 Å². The topological polar surface area (TPSA) is 132 Å². The Morgan fingerprint density at radius 2 is 2.07 bits per heavy atom. The van der Waals surface area contributed by atoms with Gasteiger partial charge < -0.3 is 27.0 Å². The first-order chi connectivity index (χ1) is 6.56. The molecule has 0 aromatic carbocycles. The van der Waals surface area contributed by atoms with Gasteiger partial charge in [0, 0.05) is 13.7 Å². The second kappa shape index (κ2) is 7.10. The highest BCUT2D eigenvalue weighted by molar-refractivity contribution is 5.92. The van der Waals surface area contributed by atoms with Crippen LogP contribution in [0, 0.1) is 0 Å². The highest BCUT2D eigenvalue weighted by Crippen LogP contribution is 1.92. The highest BCUT2D eigenvalue weighted by atomic mass is 16.5. The Morgan fingerprint density at radius 1 is 1.43 bits per heavy atom. The average molecular weight is 203 g/mol. The first-order valence-electron chi connectivity index (χ1n) is 4.12. The van der Waals surface area contributed by atoms with Crippen molar-refractivity contribution in [2.45, 2.75) is 12.5 Å². The second-order valence-electron chi connectivity index (χ2n) is 2.67. The smallest absolute Gasteiger partial charge is 0.218 e. The van der Waals surface area contributed by atoms with Gasteiger partial charge in [-0.15, -0.1) is 0 Å². The molecule has 7 heteroatoms.